The van der Waals surface area contributed by atoms with Crippen molar-refractivity contribution in [2.45, 2.75) is 25.7 Å². The van der Waals surface area contributed by atoms with Crippen LogP contribution in [0, 0.1) is 0 Å². The summed E-state index contributed by atoms with van der Waals surface area (Å²) in [5, 5.41) is 1.54. The summed E-state index contributed by atoms with van der Waals surface area (Å²) in [4.78, 5) is 18.9. The Hall–Kier alpha value is -1.89. The Bertz CT molecular complexity index is 969. The third kappa shape index (κ3) is 5.30. The largest absolute Gasteiger partial charge is 0.447 e. The molecule has 0 bridgehead atoms. The van der Waals surface area contributed by atoms with Gasteiger partial charge in [-0.3, -0.25) is 4.98 Å². The summed E-state index contributed by atoms with van der Waals surface area (Å²) in [6, 6.07) is 10.3. The lowest BCUT2D eigenvalue weighted by atomic mass is 9.88. The van der Waals surface area contributed by atoms with Crippen LogP contribution in [0.4, 0.5) is 4.79 Å². The van der Waals surface area contributed by atoms with Gasteiger partial charge in [0.25, 0.3) is 0 Å². The Morgan fingerprint density at radius 1 is 1.06 bits per heavy atom. The van der Waals surface area contributed by atoms with Gasteiger partial charge in [0.1, 0.15) is 6.61 Å². The number of rotatable bonds is 5. The maximum atomic E-state index is 12.4. The number of pyridine rings is 1. The summed E-state index contributed by atoms with van der Waals surface area (Å²) in [5.74, 6) is 0. The lowest BCUT2D eigenvalue weighted by Crippen LogP contribution is -2.37. The second-order valence-corrected chi connectivity index (χ2v) is 8.92. The van der Waals surface area contributed by atoms with E-state index in [1.54, 1.807) is 4.90 Å². The summed E-state index contributed by atoms with van der Waals surface area (Å²) in [5.41, 5.74) is 7.38. The van der Waals surface area contributed by atoms with Crippen LogP contribution in [0.25, 0.3) is 5.57 Å². The lowest BCUT2D eigenvalue weighted by Gasteiger charge is -2.29. The van der Waals surface area contributed by atoms with Gasteiger partial charge >= 0.3 is 6.09 Å². The first kappa shape index (κ1) is 22.3. The number of likely N-dealkylation sites (tertiary alicyclic amines) is 1. The molecule has 5 nitrogen and oxygen atoms in total. The molecule has 0 saturated carbocycles. The van der Waals surface area contributed by atoms with Gasteiger partial charge < -0.3 is 14.4 Å². The van der Waals surface area contributed by atoms with Gasteiger partial charge in [-0.1, -0.05) is 45.2 Å². The van der Waals surface area contributed by atoms with Crippen molar-refractivity contribution < 1.29 is 14.3 Å². The molecule has 0 unspecified atom stereocenters. The maximum absolute atomic E-state index is 12.4. The molecule has 1 aliphatic carbocycles. The Kier molecular flexibility index (Phi) is 7.64. The molecule has 2 heterocycles. The first-order chi connectivity index (χ1) is 15.2. The van der Waals surface area contributed by atoms with Crippen LogP contribution in [0.1, 0.15) is 35.2 Å². The zero-order chi connectivity index (χ0) is 21.6. The van der Waals surface area contributed by atoms with Crippen molar-refractivity contribution in [2.75, 3.05) is 38.2 Å². The van der Waals surface area contributed by atoms with Crippen LogP contribution in [0.5, 0.6) is 0 Å². The van der Waals surface area contributed by atoms with Crippen LogP contribution in [-0.2, 0) is 22.3 Å². The molecule has 1 amide bonds. The molecule has 0 N–H and O–H groups in total. The highest BCUT2D eigenvalue weighted by Gasteiger charge is 2.27. The number of aromatic nitrogens is 1. The van der Waals surface area contributed by atoms with Crippen molar-refractivity contribution in [3.8, 4) is 0 Å². The minimum absolute atomic E-state index is 0.266. The van der Waals surface area contributed by atoms with Gasteiger partial charge in [0.05, 0.1) is 18.9 Å². The number of carbonyl (C=O) groups excluding carboxylic acids is 1. The van der Waals surface area contributed by atoms with E-state index in [9.17, 15) is 4.79 Å². The number of aryl methyl sites for hydroxylation is 2. The summed E-state index contributed by atoms with van der Waals surface area (Å²) in [7, 11) is 0. The van der Waals surface area contributed by atoms with Crippen molar-refractivity contribution in [1.29, 1.82) is 0 Å². The molecular weight excluding hydrogens is 480 g/mol. The molecule has 0 radical (unpaired) electrons. The molecular formula is C24H26BrClN2O3. The average molecular weight is 506 g/mol. The molecule has 0 atom stereocenters. The highest BCUT2D eigenvalue weighted by Crippen LogP contribution is 2.38. The number of hydrogen-bond acceptors (Lipinski definition) is 4. The summed E-state index contributed by atoms with van der Waals surface area (Å²) in [6.07, 6.45) is 5.11. The molecule has 7 heteroatoms. The fourth-order valence-electron chi connectivity index (χ4n) is 4.28. The number of alkyl halides is 1. The van der Waals surface area contributed by atoms with Gasteiger partial charge in [0.15, 0.2) is 0 Å². The lowest BCUT2D eigenvalue weighted by molar-refractivity contribution is 0.0586. The fraction of sp³-hybridized carbons (Fsp3) is 0.417. The minimum atomic E-state index is -0.266. The maximum Gasteiger partial charge on any atom is 0.409 e. The van der Waals surface area contributed by atoms with Crippen LogP contribution in [0.3, 0.4) is 0 Å². The molecule has 1 aromatic heterocycles. The molecule has 2 aliphatic rings. The minimum Gasteiger partial charge on any atom is -0.447 e. The van der Waals surface area contributed by atoms with Gasteiger partial charge in [-0.15, -0.1) is 0 Å². The van der Waals surface area contributed by atoms with E-state index >= 15 is 0 Å². The van der Waals surface area contributed by atoms with Gasteiger partial charge in [0, 0.05) is 35.2 Å². The third-order valence-corrected chi connectivity index (χ3v) is 6.34. The molecule has 0 spiro atoms. The number of nitrogens with zero attached hydrogens (tertiary/aromatic N) is 2. The number of piperidine rings is 1. The van der Waals surface area contributed by atoms with Crippen LogP contribution in [-0.4, -0.2) is 54.2 Å². The SMILES string of the molecule is O=C(OCCOCCBr)N1CCC(=C2c3ccc(Cl)cc3CCc3cccnc32)CC1. The first-order valence-corrected chi connectivity index (χ1v) is 12.2. The predicted octanol–water partition coefficient (Wildman–Crippen LogP) is 5.28. The molecule has 31 heavy (non-hydrogen) atoms. The normalized spacial score (nSPS) is 15.9. The highest BCUT2D eigenvalue weighted by atomic mass is 79.9. The smallest absolute Gasteiger partial charge is 0.409 e. The quantitative estimate of drug-likeness (QED) is 0.410. The van der Waals surface area contributed by atoms with Crippen molar-refractivity contribution in [1.82, 2.24) is 9.88 Å². The summed E-state index contributed by atoms with van der Waals surface area (Å²) >= 11 is 9.60. The second-order valence-electron chi connectivity index (χ2n) is 7.69. The Morgan fingerprint density at radius 3 is 2.68 bits per heavy atom. The first-order valence-electron chi connectivity index (χ1n) is 10.7. The number of fused-ring (bicyclic) bond motifs is 2. The summed E-state index contributed by atoms with van der Waals surface area (Å²) in [6.45, 7) is 2.60. The number of halogens is 2. The van der Waals surface area contributed by atoms with Crippen molar-refractivity contribution in [2.24, 2.45) is 0 Å². The molecule has 1 fully saturated rings. The van der Waals surface area contributed by atoms with Crippen molar-refractivity contribution in [3.05, 3.63) is 69.5 Å². The number of ether oxygens (including phenoxy) is 2. The molecule has 164 valence electrons. The van der Waals surface area contributed by atoms with Crippen LogP contribution < -0.4 is 0 Å². The van der Waals surface area contributed by atoms with Crippen LogP contribution in [0.2, 0.25) is 5.02 Å². The predicted molar refractivity (Wildman–Crippen MR) is 126 cm³/mol. The highest BCUT2D eigenvalue weighted by molar-refractivity contribution is 9.09. The Labute approximate surface area is 196 Å². The van der Waals surface area contributed by atoms with E-state index in [1.807, 2.05) is 18.3 Å². The Morgan fingerprint density at radius 2 is 1.87 bits per heavy atom. The topological polar surface area (TPSA) is 51.7 Å². The van der Waals surface area contributed by atoms with E-state index in [-0.39, 0.29) is 12.7 Å². The van der Waals surface area contributed by atoms with E-state index in [0.29, 0.717) is 26.3 Å². The van der Waals surface area contributed by atoms with Gasteiger partial charge in [0.2, 0.25) is 0 Å². The van der Waals surface area contributed by atoms with Crippen molar-refractivity contribution in [3.63, 3.8) is 0 Å². The number of carbonyl (C=O) groups is 1. The molecule has 2 aromatic rings. The zero-order valence-electron chi connectivity index (χ0n) is 17.4. The van der Waals surface area contributed by atoms with E-state index in [4.69, 9.17) is 26.1 Å². The monoisotopic (exact) mass is 504 g/mol. The molecule has 1 aromatic carbocycles. The van der Waals surface area contributed by atoms with E-state index in [1.165, 1.54) is 27.8 Å². The van der Waals surface area contributed by atoms with Gasteiger partial charge in [-0.05, 0) is 60.6 Å². The van der Waals surface area contributed by atoms with Gasteiger partial charge in [-0.25, -0.2) is 4.79 Å². The molecule has 4 rings (SSSR count). The number of hydrogen-bond donors (Lipinski definition) is 0. The third-order valence-electron chi connectivity index (χ3n) is 5.78. The van der Waals surface area contributed by atoms with Crippen LogP contribution >= 0.6 is 27.5 Å². The zero-order valence-corrected chi connectivity index (χ0v) is 19.8. The van der Waals surface area contributed by atoms with E-state index in [2.05, 4.69) is 34.1 Å². The standard InChI is InChI=1S/C24H26BrClN2O3/c25-9-13-30-14-15-31-24(29)28-11-7-17(8-12-28)22-21-6-5-20(26)16-19(21)4-3-18-2-1-10-27-23(18)22/h1-2,5-6,10,16H,3-4,7-9,11-15H2. The number of amides is 1. The number of benzene rings is 1. The second kappa shape index (κ2) is 10.6. The Balaban J connectivity index is 1.53. The van der Waals surface area contributed by atoms with Crippen LogP contribution in [0.15, 0.2) is 42.1 Å². The average Bonchev–Trinajstić information content (AvgIpc) is 2.95. The van der Waals surface area contributed by atoms with E-state index in [0.717, 1.165) is 41.7 Å². The van der Waals surface area contributed by atoms with Crippen molar-refractivity contribution >= 4 is 39.2 Å². The molecule has 1 saturated heterocycles. The van der Waals surface area contributed by atoms with Gasteiger partial charge in [-0.2, -0.15) is 0 Å². The summed E-state index contributed by atoms with van der Waals surface area (Å²) < 4.78 is 10.7. The fourth-order valence-corrected chi connectivity index (χ4v) is 4.70. The van der Waals surface area contributed by atoms with E-state index < -0.39 is 0 Å². The molecule has 1 aliphatic heterocycles.